The van der Waals surface area contributed by atoms with Crippen LogP contribution in [0.2, 0.25) is 0 Å². The number of aromatic nitrogens is 2. The monoisotopic (exact) mass is 512 g/mol. The van der Waals surface area contributed by atoms with Crippen molar-refractivity contribution in [3.8, 4) is 28.2 Å². The van der Waals surface area contributed by atoms with E-state index in [-0.39, 0.29) is 5.56 Å². The fourth-order valence-corrected chi connectivity index (χ4v) is 4.93. The second kappa shape index (κ2) is 11.7. The van der Waals surface area contributed by atoms with Crippen molar-refractivity contribution in [3.63, 3.8) is 0 Å². The van der Waals surface area contributed by atoms with Crippen LogP contribution in [0.1, 0.15) is 37.8 Å². The maximum Gasteiger partial charge on any atom is 0.299 e. The number of anilines is 2. The minimum Gasteiger partial charge on any atom is -0.492 e. The Hall–Kier alpha value is -3.84. The first-order valence-corrected chi connectivity index (χ1v) is 13.5. The van der Waals surface area contributed by atoms with Crippen LogP contribution in [0.3, 0.4) is 0 Å². The van der Waals surface area contributed by atoms with Crippen LogP contribution in [0.25, 0.3) is 22.5 Å². The van der Waals surface area contributed by atoms with Crippen molar-refractivity contribution < 1.29 is 9.15 Å². The average molecular weight is 513 g/mol. The lowest BCUT2D eigenvalue weighted by Gasteiger charge is -2.15. The van der Waals surface area contributed by atoms with Gasteiger partial charge in [0.2, 0.25) is 0 Å². The highest BCUT2D eigenvalue weighted by Crippen LogP contribution is 2.31. The predicted molar refractivity (Wildman–Crippen MR) is 152 cm³/mol. The lowest BCUT2D eigenvalue weighted by atomic mass is 9.95. The van der Waals surface area contributed by atoms with Crippen LogP contribution in [0.5, 0.6) is 5.75 Å². The summed E-state index contributed by atoms with van der Waals surface area (Å²) >= 11 is 0. The fourth-order valence-electron chi connectivity index (χ4n) is 4.93. The van der Waals surface area contributed by atoms with Crippen LogP contribution in [0.15, 0.2) is 70.1 Å². The molecule has 2 N–H and O–H groups in total. The first-order chi connectivity index (χ1) is 18.4. The van der Waals surface area contributed by atoms with Gasteiger partial charge in [-0.2, -0.15) is 0 Å². The molecule has 0 radical (unpaired) electrons. The molecule has 1 aliphatic rings. The van der Waals surface area contributed by atoms with Crippen LogP contribution in [0.4, 0.5) is 11.7 Å². The Kier molecular flexibility index (Phi) is 7.94. The molecule has 0 aliphatic carbocycles. The van der Waals surface area contributed by atoms with Gasteiger partial charge in [0.15, 0.2) is 5.76 Å². The van der Waals surface area contributed by atoms with Gasteiger partial charge < -0.3 is 19.5 Å². The van der Waals surface area contributed by atoms with Crippen LogP contribution in [-0.4, -0.2) is 41.1 Å². The first-order valence-electron chi connectivity index (χ1n) is 13.5. The molecule has 198 valence electrons. The van der Waals surface area contributed by atoms with Crippen molar-refractivity contribution in [2.75, 3.05) is 31.6 Å². The minimum atomic E-state index is -0.113. The highest BCUT2D eigenvalue weighted by atomic mass is 16.5. The van der Waals surface area contributed by atoms with Crippen LogP contribution < -0.4 is 15.6 Å². The Balaban J connectivity index is 1.35. The van der Waals surface area contributed by atoms with E-state index in [1.165, 1.54) is 25.9 Å². The zero-order chi connectivity index (χ0) is 26.5. The lowest BCUT2D eigenvalue weighted by molar-refractivity contribution is 0.238. The summed E-state index contributed by atoms with van der Waals surface area (Å²) in [6.07, 6.45) is 6.83. The number of hydrogen-bond acceptors (Lipinski definition) is 6. The van der Waals surface area contributed by atoms with Gasteiger partial charge in [0.25, 0.3) is 11.6 Å². The van der Waals surface area contributed by atoms with E-state index in [4.69, 9.17) is 9.15 Å². The number of nitrogens with zero attached hydrogens (tertiary/aromatic N) is 2. The molecule has 0 atom stereocenters. The maximum absolute atomic E-state index is 12.5. The molecule has 1 saturated heterocycles. The van der Waals surface area contributed by atoms with Crippen molar-refractivity contribution in [1.29, 1.82) is 0 Å². The third-order valence-electron chi connectivity index (χ3n) is 6.88. The van der Waals surface area contributed by atoms with Gasteiger partial charge in [0.1, 0.15) is 12.4 Å². The van der Waals surface area contributed by atoms with Crippen LogP contribution >= 0.6 is 0 Å². The number of pyridine rings is 1. The van der Waals surface area contributed by atoms with E-state index in [0.29, 0.717) is 29.9 Å². The predicted octanol–water partition coefficient (Wildman–Crippen LogP) is 6.42. The highest BCUT2D eigenvalue weighted by Gasteiger charge is 2.14. The van der Waals surface area contributed by atoms with Gasteiger partial charge in [-0.25, -0.2) is 4.98 Å². The zero-order valence-corrected chi connectivity index (χ0v) is 22.4. The van der Waals surface area contributed by atoms with Gasteiger partial charge in [-0.3, -0.25) is 9.69 Å². The minimum absolute atomic E-state index is 0.113. The Bertz CT molecular complexity index is 1430. The lowest BCUT2D eigenvalue weighted by Crippen LogP contribution is -2.25. The highest BCUT2D eigenvalue weighted by molar-refractivity contribution is 5.72. The molecular weight excluding hydrogens is 476 g/mol. The molecule has 0 unspecified atom stereocenters. The van der Waals surface area contributed by atoms with Crippen LogP contribution in [-0.2, 0) is 6.42 Å². The number of ether oxygens (including phenoxy) is 1. The molecule has 4 aromatic rings. The summed E-state index contributed by atoms with van der Waals surface area (Å²) in [5.41, 5.74) is 5.38. The molecule has 3 heterocycles. The Morgan fingerprint density at radius 2 is 1.92 bits per heavy atom. The first kappa shape index (κ1) is 25.8. The van der Waals surface area contributed by atoms with E-state index >= 15 is 0 Å². The second-order valence-electron chi connectivity index (χ2n) is 10.5. The Morgan fingerprint density at radius 1 is 1.11 bits per heavy atom. The van der Waals surface area contributed by atoms with Gasteiger partial charge in [0, 0.05) is 35.6 Å². The van der Waals surface area contributed by atoms with E-state index in [2.05, 4.69) is 46.2 Å². The number of H-pyrrole nitrogens is 1. The summed E-state index contributed by atoms with van der Waals surface area (Å²) in [5, 5.41) is 3.31. The number of aromatic amines is 1. The van der Waals surface area contributed by atoms with Crippen molar-refractivity contribution >= 4 is 11.7 Å². The summed E-state index contributed by atoms with van der Waals surface area (Å²) in [6.45, 7) is 10.4. The number of benzene rings is 2. The van der Waals surface area contributed by atoms with Gasteiger partial charge >= 0.3 is 0 Å². The summed E-state index contributed by atoms with van der Waals surface area (Å²) in [6, 6.07) is 16.3. The number of hydrogen-bond donors (Lipinski definition) is 2. The third kappa shape index (κ3) is 6.34. The molecule has 1 aliphatic heterocycles. The standard InChI is InChI=1S/C31H36N4O3/c1-21(2)15-23-16-24(27-7-6-10-32-30(27)36)18-25(17-23)29-20-33-31(38-29)34-28-19-26(9-8-22(28)3)37-14-13-35-11-4-5-12-35/h6-10,16-21H,4-5,11-15H2,1-3H3,(H,32,36)(H,33,34). The largest absolute Gasteiger partial charge is 0.492 e. The molecule has 7 heteroatoms. The zero-order valence-electron chi connectivity index (χ0n) is 22.4. The van der Waals surface area contributed by atoms with Gasteiger partial charge in [0.05, 0.1) is 6.20 Å². The smallest absolute Gasteiger partial charge is 0.299 e. The SMILES string of the molecule is Cc1ccc(OCCN2CCCC2)cc1Nc1ncc(-c2cc(CC(C)C)cc(-c3ccc[nH]c3=O)c2)o1. The summed E-state index contributed by atoms with van der Waals surface area (Å²) in [7, 11) is 0. The van der Waals surface area contributed by atoms with E-state index in [1.54, 1.807) is 12.4 Å². The quantitative estimate of drug-likeness (QED) is 0.255. The number of nitrogens with one attached hydrogen (secondary N) is 2. The molecule has 38 heavy (non-hydrogen) atoms. The van der Waals surface area contributed by atoms with E-state index < -0.39 is 0 Å². The number of likely N-dealkylation sites (tertiary alicyclic amines) is 1. The summed E-state index contributed by atoms with van der Waals surface area (Å²) in [5.74, 6) is 1.94. The topological polar surface area (TPSA) is 83.4 Å². The maximum atomic E-state index is 12.5. The van der Waals surface area contributed by atoms with E-state index in [1.807, 2.05) is 43.3 Å². The van der Waals surface area contributed by atoms with E-state index in [0.717, 1.165) is 46.7 Å². The van der Waals surface area contributed by atoms with Crippen molar-refractivity contribution in [2.24, 2.45) is 5.92 Å². The molecule has 7 nitrogen and oxygen atoms in total. The second-order valence-corrected chi connectivity index (χ2v) is 10.5. The number of rotatable bonds is 10. The normalized spacial score (nSPS) is 13.8. The summed E-state index contributed by atoms with van der Waals surface area (Å²) < 4.78 is 12.2. The molecular formula is C31H36N4O3. The number of oxazole rings is 1. The summed E-state index contributed by atoms with van der Waals surface area (Å²) in [4.78, 5) is 22.2. The van der Waals surface area contributed by atoms with Crippen molar-refractivity contribution in [3.05, 3.63) is 82.4 Å². The average Bonchev–Trinajstić information content (AvgIpc) is 3.58. The molecule has 0 saturated carbocycles. The van der Waals surface area contributed by atoms with Crippen molar-refractivity contribution in [2.45, 2.75) is 40.0 Å². The number of aryl methyl sites for hydroxylation is 1. The molecule has 0 spiro atoms. The molecule has 2 aromatic carbocycles. The Morgan fingerprint density at radius 3 is 2.71 bits per heavy atom. The molecule has 2 aromatic heterocycles. The van der Waals surface area contributed by atoms with Crippen LogP contribution in [0, 0.1) is 12.8 Å². The van der Waals surface area contributed by atoms with Gasteiger partial charge in [-0.05, 0) is 92.2 Å². The van der Waals surface area contributed by atoms with Gasteiger partial charge in [-0.15, -0.1) is 0 Å². The Labute approximate surface area is 223 Å². The fraction of sp³-hybridized carbons (Fsp3) is 0.355. The van der Waals surface area contributed by atoms with Crippen molar-refractivity contribution in [1.82, 2.24) is 14.9 Å². The molecule has 0 amide bonds. The molecule has 0 bridgehead atoms. The molecule has 5 rings (SSSR count). The third-order valence-corrected chi connectivity index (χ3v) is 6.88. The van der Waals surface area contributed by atoms with Gasteiger partial charge in [-0.1, -0.05) is 26.0 Å². The van der Waals surface area contributed by atoms with E-state index in [9.17, 15) is 4.79 Å². The molecule has 1 fully saturated rings.